The van der Waals surface area contributed by atoms with Gasteiger partial charge >= 0.3 is 5.97 Å². The van der Waals surface area contributed by atoms with Gasteiger partial charge in [0.2, 0.25) is 11.8 Å². The van der Waals surface area contributed by atoms with Crippen molar-refractivity contribution < 1.29 is 38.8 Å². The number of hydrogen-bond donors (Lipinski definition) is 4. The zero-order valence-electron chi connectivity index (χ0n) is 21.4. The topological polar surface area (TPSA) is 143 Å². The first-order valence-electron chi connectivity index (χ1n) is 12.8. The molecule has 1 aliphatic heterocycles. The lowest BCUT2D eigenvalue weighted by Crippen LogP contribution is -2.43. The molecule has 2 aromatic carbocycles. The van der Waals surface area contributed by atoms with E-state index in [0.717, 1.165) is 11.1 Å². The number of phenolic OH excluding ortho intramolecular Hbond substituents is 1. The van der Waals surface area contributed by atoms with E-state index in [1.54, 1.807) is 36.4 Å². The number of esters is 1. The van der Waals surface area contributed by atoms with Crippen molar-refractivity contribution in [3.63, 3.8) is 0 Å². The first kappa shape index (κ1) is 28.0. The molecule has 206 valence electrons. The molecule has 0 aromatic heterocycles. The van der Waals surface area contributed by atoms with E-state index in [9.17, 15) is 19.5 Å². The number of aliphatic hydroxyl groups is 1. The van der Waals surface area contributed by atoms with E-state index in [1.807, 2.05) is 30.4 Å². The van der Waals surface area contributed by atoms with Crippen LogP contribution in [0.15, 0.2) is 66.3 Å². The second-order valence-corrected chi connectivity index (χ2v) is 9.16. The molecule has 4 rings (SSSR count). The monoisotopic (exact) mass is 536 g/mol. The zero-order valence-corrected chi connectivity index (χ0v) is 21.4. The predicted octanol–water partition coefficient (Wildman–Crippen LogP) is 1.86. The van der Waals surface area contributed by atoms with Crippen molar-refractivity contribution in [1.29, 1.82) is 0 Å². The fourth-order valence-corrected chi connectivity index (χ4v) is 4.39. The molecule has 0 radical (unpaired) electrons. The van der Waals surface area contributed by atoms with E-state index in [2.05, 4.69) is 10.6 Å². The van der Waals surface area contributed by atoms with Crippen molar-refractivity contribution >= 4 is 23.9 Å². The van der Waals surface area contributed by atoms with Gasteiger partial charge in [-0.2, -0.15) is 0 Å². The Balaban J connectivity index is 1.35. The van der Waals surface area contributed by atoms with Gasteiger partial charge < -0.3 is 35.1 Å². The Morgan fingerprint density at radius 2 is 1.90 bits per heavy atom. The zero-order chi connectivity index (χ0) is 27.6. The van der Waals surface area contributed by atoms with Crippen LogP contribution in [0.4, 0.5) is 0 Å². The third-order valence-electron chi connectivity index (χ3n) is 6.38. The van der Waals surface area contributed by atoms with Crippen LogP contribution in [-0.4, -0.2) is 72.8 Å². The van der Waals surface area contributed by atoms with Crippen LogP contribution < -0.4 is 10.6 Å². The maximum Gasteiger partial charge on any atom is 0.338 e. The first-order chi connectivity index (χ1) is 18.9. The summed E-state index contributed by atoms with van der Waals surface area (Å²) in [5.41, 5.74) is 2.33. The number of phenols is 1. The Kier molecular flexibility index (Phi) is 9.85. The summed E-state index contributed by atoms with van der Waals surface area (Å²) < 4.78 is 17.0. The Morgan fingerprint density at radius 3 is 2.72 bits per heavy atom. The Morgan fingerprint density at radius 1 is 1.05 bits per heavy atom. The number of amides is 2. The molecule has 0 saturated carbocycles. The molecule has 10 heteroatoms. The van der Waals surface area contributed by atoms with Crippen LogP contribution in [0.5, 0.6) is 5.75 Å². The van der Waals surface area contributed by atoms with Gasteiger partial charge in [0.15, 0.2) is 0 Å². The number of rotatable bonds is 11. The summed E-state index contributed by atoms with van der Waals surface area (Å²) in [6.45, 7) is 0.143. The van der Waals surface area contributed by atoms with Gasteiger partial charge in [-0.15, -0.1) is 0 Å². The molecule has 10 nitrogen and oxygen atoms in total. The van der Waals surface area contributed by atoms with Gasteiger partial charge in [0.05, 0.1) is 12.2 Å². The van der Waals surface area contributed by atoms with Crippen LogP contribution in [0, 0.1) is 0 Å². The summed E-state index contributed by atoms with van der Waals surface area (Å²) >= 11 is 0. The number of nitrogens with one attached hydrogen (secondary N) is 2. The lowest BCUT2D eigenvalue weighted by Gasteiger charge is -2.30. The molecular weight excluding hydrogens is 504 g/mol. The lowest BCUT2D eigenvalue weighted by molar-refractivity contribution is -0.121. The van der Waals surface area contributed by atoms with Gasteiger partial charge in [0.25, 0.3) is 0 Å². The van der Waals surface area contributed by atoms with E-state index < -0.39 is 24.3 Å². The number of carbonyl (C=O) groups excluding carboxylic acids is 3. The fourth-order valence-electron chi connectivity index (χ4n) is 4.39. The number of benzene rings is 2. The molecule has 2 aromatic rings. The van der Waals surface area contributed by atoms with Gasteiger partial charge in [0, 0.05) is 31.5 Å². The van der Waals surface area contributed by atoms with Gasteiger partial charge in [-0.3, -0.25) is 9.59 Å². The molecule has 1 fully saturated rings. The largest absolute Gasteiger partial charge is 0.508 e. The molecule has 3 unspecified atom stereocenters. The second kappa shape index (κ2) is 13.7. The summed E-state index contributed by atoms with van der Waals surface area (Å²) in [6.07, 6.45) is 4.38. The third kappa shape index (κ3) is 7.76. The van der Waals surface area contributed by atoms with Crippen LogP contribution in [0.3, 0.4) is 0 Å². The highest BCUT2D eigenvalue weighted by Gasteiger charge is 2.42. The summed E-state index contributed by atoms with van der Waals surface area (Å²) in [7, 11) is 0. The van der Waals surface area contributed by atoms with E-state index >= 15 is 0 Å². The average Bonchev–Trinajstić information content (AvgIpc) is 3.42. The van der Waals surface area contributed by atoms with Crippen LogP contribution in [-0.2, 0) is 30.2 Å². The molecular formula is C29H32N2O8. The third-order valence-corrected chi connectivity index (χ3v) is 6.38. The van der Waals surface area contributed by atoms with Crippen molar-refractivity contribution in [2.75, 3.05) is 26.5 Å². The Labute approximate surface area is 226 Å². The number of hydrogen-bond acceptors (Lipinski definition) is 8. The molecule has 4 N–H and O–H groups in total. The number of aliphatic hydroxyl groups excluding tert-OH is 1. The molecule has 2 aliphatic rings. The molecule has 1 saturated heterocycles. The van der Waals surface area contributed by atoms with Gasteiger partial charge in [-0.1, -0.05) is 42.5 Å². The first-order valence-corrected chi connectivity index (χ1v) is 12.8. The average molecular weight is 537 g/mol. The molecule has 2 amide bonds. The second-order valence-electron chi connectivity index (χ2n) is 9.16. The highest BCUT2D eigenvalue weighted by atomic mass is 16.7. The maximum absolute atomic E-state index is 13.0. The minimum absolute atomic E-state index is 0.0249. The van der Waals surface area contributed by atoms with Crippen LogP contribution in [0.2, 0.25) is 0 Å². The van der Waals surface area contributed by atoms with Gasteiger partial charge in [0.1, 0.15) is 30.9 Å². The minimum atomic E-state index is -0.733. The number of fused-ring (bicyclic) bond motifs is 1. The van der Waals surface area contributed by atoms with E-state index in [4.69, 9.17) is 19.3 Å². The van der Waals surface area contributed by atoms with Gasteiger partial charge in [-0.05, 0) is 41.8 Å². The van der Waals surface area contributed by atoms with Gasteiger partial charge in [-0.25, -0.2) is 4.79 Å². The number of allylic oxidation sites excluding steroid dienone is 1. The lowest BCUT2D eigenvalue weighted by atomic mass is 9.91. The summed E-state index contributed by atoms with van der Waals surface area (Å²) in [5, 5.41) is 23.9. The van der Waals surface area contributed by atoms with Crippen LogP contribution in [0.25, 0.3) is 6.08 Å². The SMILES string of the molecule is O=C(CCNC(=O)C1=CC2OCOC2C(OC(=O)c2cccc(C=CCc3ccccc3O)c2)C1)NCCO. The molecule has 39 heavy (non-hydrogen) atoms. The van der Waals surface area contributed by atoms with Crippen LogP contribution in [0.1, 0.15) is 34.3 Å². The quantitative estimate of drug-likeness (QED) is 0.319. The van der Waals surface area contributed by atoms with Crippen molar-refractivity contribution in [2.24, 2.45) is 0 Å². The van der Waals surface area contributed by atoms with Crippen molar-refractivity contribution in [2.45, 2.75) is 37.6 Å². The number of carbonyl (C=O) groups is 3. The minimum Gasteiger partial charge on any atom is -0.508 e. The number of para-hydroxylation sites is 1. The normalized spacial score (nSPS) is 20.2. The molecule has 0 spiro atoms. The molecule has 3 atom stereocenters. The van der Waals surface area contributed by atoms with Crippen molar-refractivity contribution in [3.8, 4) is 5.75 Å². The maximum atomic E-state index is 13.0. The van der Waals surface area contributed by atoms with E-state index in [-0.39, 0.29) is 56.9 Å². The summed E-state index contributed by atoms with van der Waals surface area (Å²) in [5.74, 6) is -0.977. The highest BCUT2D eigenvalue weighted by Crippen LogP contribution is 2.31. The van der Waals surface area contributed by atoms with Crippen molar-refractivity contribution in [3.05, 3.63) is 82.9 Å². The fraction of sp³-hybridized carbons (Fsp3) is 0.345. The van der Waals surface area contributed by atoms with E-state index in [0.29, 0.717) is 17.6 Å². The van der Waals surface area contributed by atoms with E-state index in [1.165, 1.54) is 0 Å². The Bertz CT molecular complexity index is 1240. The smallest absolute Gasteiger partial charge is 0.338 e. The highest BCUT2D eigenvalue weighted by molar-refractivity contribution is 5.94. The van der Waals surface area contributed by atoms with Crippen LogP contribution >= 0.6 is 0 Å². The summed E-state index contributed by atoms with van der Waals surface area (Å²) in [4.78, 5) is 37.5. The molecule has 0 bridgehead atoms. The Hall–Kier alpha value is -3.99. The molecule has 1 aliphatic carbocycles. The summed E-state index contributed by atoms with van der Waals surface area (Å²) in [6, 6.07) is 14.1. The predicted molar refractivity (Wildman–Crippen MR) is 142 cm³/mol. The standard InChI is InChI=1S/C29H32N2O8/c32-14-13-30-26(34)11-12-31-28(35)22-16-24-27(38-18-37-24)25(17-22)39-29(36)21-9-4-6-19(15-21)5-3-8-20-7-1-2-10-23(20)33/h1-7,9-10,15-16,24-25,27,32-33H,8,11-14,17-18H2,(H,30,34)(H,31,35). The van der Waals surface area contributed by atoms with Crippen molar-refractivity contribution in [1.82, 2.24) is 10.6 Å². The molecule has 1 heterocycles. The number of aromatic hydroxyl groups is 1. The number of ether oxygens (including phenoxy) is 3.